The Morgan fingerprint density at radius 1 is 1.42 bits per heavy atom. The summed E-state index contributed by atoms with van der Waals surface area (Å²) in [6.45, 7) is 6.47. The summed E-state index contributed by atoms with van der Waals surface area (Å²) >= 11 is 0. The van der Waals surface area contributed by atoms with Gasteiger partial charge in [0.15, 0.2) is 0 Å². The van der Waals surface area contributed by atoms with Crippen LogP contribution in [0.2, 0.25) is 0 Å². The first kappa shape index (κ1) is 9.65. The van der Waals surface area contributed by atoms with E-state index >= 15 is 0 Å². The Balaban J connectivity index is 2.05. The summed E-state index contributed by atoms with van der Waals surface area (Å²) in [5.41, 5.74) is 0. The van der Waals surface area contributed by atoms with Crippen molar-refractivity contribution in [2.75, 3.05) is 0 Å². The first-order chi connectivity index (χ1) is 5.77. The molecule has 0 aliphatic heterocycles. The minimum atomic E-state index is 0.619. The van der Waals surface area contributed by atoms with E-state index in [1.807, 2.05) is 6.92 Å². The average molecular weight is 164 g/mol. The van der Waals surface area contributed by atoms with Crippen LogP contribution in [-0.2, 0) is 0 Å². The van der Waals surface area contributed by atoms with Crippen molar-refractivity contribution in [1.82, 2.24) is 0 Å². The zero-order valence-electron chi connectivity index (χ0n) is 8.56. The average Bonchev–Trinajstić information content (AvgIpc) is 2.80. The van der Waals surface area contributed by atoms with Gasteiger partial charge >= 0.3 is 0 Å². The Hall–Kier alpha value is -0.440. The molecule has 0 amide bonds. The van der Waals surface area contributed by atoms with Gasteiger partial charge in [-0.3, -0.25) is 0 Å². The molecular formula is C12H20. The Bertz CT molecular complexity index is 182. The first-order valence-electron chi connectivity index (χ1n) is 5.20. The lowest BCUT2D eigenvalue weighted by Gasteiger charge is -2.02. The smallest absolute Gasteiger partial charge is 0.0174 e. The summed E-state index contributed by atoms with van der Waals surface area (Å²) in [6.07, 6.45) is 5.59. The largest absolute Gasteiger partial charge is 0.106 e. The van der Waals surface area contributed by atoms with Crippen LogP contribution in [0.15, 0.2) is 0 Å². The summed E-state index contributed by atoms with van der Waals surface area (Å²) in [7, 11) is 0. The topological polar surface area (TPSA) is 0 Å². The van der Waals surface area contributed by atoms with Gasteiger partial charge in [0, 0.05) is 5.92 Å². The predicted octanol–water partition coefficient (Wildman–Crippen LogP) is 3.47. The molecule has 0 saturated heterocycles. The number of hydrogen-bond donors (Lipinski definition) is 0. The van der Waals surface area contributed by atoms with Crippen molar-refractivity contribution in [3.05, 3.63) is 0 Å². The van der Waals surface area contributed by atoms with Gasteiger partial charge in [0.25, 0.3) is 0 Å². The van der Waals surface area contributed by atoms with Crippen molar-refractivity contribution < 1.29 is 0 Å². The lowest BCUT2D eigenvalue weighted by Crippen LogP contribution is -1.92. The highest BCUT2D eigenvalue weighted by atomic mass is 14.4. The van der Waals surface area contributed by atoms with Crippen molar-refractivity contribution in [1.29, 1.82) is 0 Å². The third-order valence-corrected chi connectivity index (χ3v) is 2.95. The van der Waals surface area contributed by atoms with E-state index in [1.54, 1.807) is 0 Å². The molecule has 0 aromatic rings. The minimum Gasteiger partial charge on any atom is -0.106 e. The van der Waals surface area contributed by atoms with E-state index in [1.165, 1.54) is 25.7 Å². The molecule has 1 fully saturated rings. The van der Waals surface area contributed by atoms with Crippen LogP contribution in [-0.4, -0.2) is 0 Å². The van der Waals surface area contributed by atoms with Crippen LogP contribution in [0.3, 0.4) is 0 Å². The summed E-state index contributed by atoms with van der Waals surface area (Å²) in [5, 5.41) is 0. The Kier molecular flexibility index (Phi) is 3.66. The third kappa shape index (κ3) is 2.89. The molecule has 1 aliphatic rings. The van der Waals surface area contributed by atoms with Crippen molar-refractivity contribution >= 4 is 0 Å². The second kappa shape index (κ2) is 4.55. The van der Waals surface area contributed by atoms with Crippen LogP contribution in [0.4, 0.5) is 0 Å². The normalized spacial score (nSPS) is 28.9. The van der Waals surface area contributed by atoms with E-state index in [0.717, 1.165) is 11.8 Å². The lowest BCUT2D eigenvalue weighted by molar-refractivity contribution is 0.547. The van der Waals surface area contributed by atoms with Gasteiger partial charge in [-0.2, -0.15) is 0 Å². The van der Waals surface area contributed by atoms with E-state index in [9.17, 15) is 0 Å². The van der Waals surface area contributed by atoms with E-state index in [4.69, 9.17) is 0 Å². The third-order valence-electron chi connectivity index (χ3n) is 2.95. The Morgan fingerprint density at radius 2 is 2.17 bits per heavy atom. The fourth-order valence-electron chi connectivity index (χ4n) is 1.95. The molecule has 1 aliphatic carbocycles. The molecule has 0 heterocycles. The van der Waals surface area contributed by atoms with Gasteiger partial charge in [-0.05, 0) is 38.0 Å². The molecule has 0 aromatic heterocycles. The Labute approximate surface area is 76.7 Å². The molecule has 0 radical (unpaired) electrons. The van der Waals surface area contributed by atoms with Gasteiger partial charge in [0.1, 0.15) is 0 Å². The molecule has 0 heteroatoms. The van der Waals surface area contributed by atoms with Crippen LogP contribution in [0.25, 0.3) is 0 Å². The quantitative estimate of drug-likeness (QED) is 0.558. The molecule has 1 rings (SSSR count). The van der Waals surface area contributed by atoms with Crippen molar-refractivity contribution in [2.24, 2.45) is 17.8 Å². The predicted molar refractivity (Wildman–Crippen MR) is 53.7 cm³/mol. The maximum atomic E-state index is 3.21. The van der Waals surface area contributed by atoms with Crippen LogP contribution in [0.5, 0.6) is 0 Å². The summed E-state index contributed by atoms with van der Waals surface area (Å²) < 4.78 is 0. The van der Waals surface area contributed by atoms with E-state index in [2.05, 4.69) is 25.7 Å². The van der Waals surface area contributed by atoms with Gasteiger partial charge in [0.05, 0.1) is 0 Å². The molecule has 0 N–H and O–H groups in total. The van der Waals surface area contributed by atoms with Gasteiger partial charge in [-0.1, -0.05) is 20.3 Å². The minimum absolute atomic E-state index is 0.619. The fraction of sp³-hybridized carbons (Fsp3) is 0.833. The second-order valence-electron chi connectivity index (χ2n) is 4.04. The molecule has 0 nitrogen and oxygen atoms in total. The molecule has 0 spiro atoms. The molecule has 0 aromatic carbocycles. The number of hydrogen-bond acceptors (Lipinski definition) is 0. The summed E-state index contributed by atoms with van der Waals surface area (Å²) in [6, 6.07) is 0. The zero-order valence-corrected chi connectivity index (χ0v) is 8.56. The fourth-order valence-corrected chi connectivity index (χ4v) is 1.95. The van der Waals surface area contributed by atoms with Crippen molar-refractivity contribution in [3.8, 4) is 11.8 Å². The van der Waals surface area contributed by atoms with E-state index in [0.29, 0.717) is 5.92 Å². The highest BCUT2D eigenvalue weighted by Crippen LogP contribution is 2.44. The zero-order chi connectivity index (χ0) is 8.97. The second-order valence-corrected chi connectivity index (χ2v) is 4.04. The maximum absolute atomic E-state index is 3.21. The van der Waals surface area contributed by atoms with Crippen LogP contribution < -0.4 is 0 Å². The molecule has 3 unspecified atom stereocenters. The molecule has 12 heavy (non-hydrogen) atoms. The van der Waals surface area contributed by atoms with E-state index in [-0.39, 0.29) is 0 Å². The van der Waals surface area contributed by atoms with Gasteiger partial charge < -0.3 is 0 Å². The van der Waals surface area contributed by atoms with Crippen LogP contribution >= 0.6 is 0 Å². The molecule has 68 valence electrons. The summed E-state index contributed by atoms with van der Waals surface area (Å²) in [5.74, 6) is 8.93. The standard InChI is InChI=1S/C12H20/c1-4-6-10(3)7-8-12-9-11(12)5-2/h10-12H,5,7-9H2,1-3H3. The van der Waals surface area contributed by atoms with Gasteiger partial charge in [-0.25, -0.2) is 0 Å². The van der Waals surface area contributed by atoms with Gasteiger partial charge in [-0.15, -0.1) is 11.8 Å². The summed E-state index contributed by atoms with van der Waals surface area (Å²) in [4.78, 5) is 0. The highest BCUT2D eigenvalue weighted by Gasteiger charge is 2.34. The van der Waals surface area contributed by atoms with Crippen molar-refractivity contribution in [2.45, 2.75) is 46.5 Å². The van der Waals surface area contributed by atoms with Crippen LogP contribution in [0, 0.1) is 29.6 Å². The van der Waals surface area contributed by atoms with Crippen molar-refractivity contribution in [3.63, 3.8) is 0 Å². The SMILES string of the molecule is CC#CC(C)CCC1CC1CC. The maximum Gasteiger partial charge on any atom is 0.0174 e. The Morgan fingerprint density at radius 3 is 2.67 bits per heavy atom. The lowest BCUT2D eigenvalue weighted by atomic mass is 10.0. The van der Waals surface area contributed by atoms with E-state index < -0.39 is 0 Å². The van der Waals surface area contributed by atoms with Crippen LogP contribution in [0.1, 0.15) is 46.5 Å². The molecular weight excluding hydrogens is 144 g/mol. The molecule has 3 atom stereocenters. The first-order valence-corrected chi connectivity index (χ1v) is 5.20. The molecule has 0 bridgehead atoms. The highest BCUT2D eigenvalue weighted by molar-refractivity contribution is 4.99. The monoisotopic (exact) mass is 164 g/mol. The molecule has 1 saturated carbocycles. The number of rotatable bonds is 4. The van der Waals surface area contributed by atoms with Gasteiger partial charge in [0.2, 0.25) is 0 Å².